The molecule has 0 heterocycles. The van der Waals surface area contributed by atoms with E-state index < -0.39 is 29.6 Å². The number of hydrogen-bond donors (Lipinski definition) is 2. The Morgan fingerprint density at radius 1 is 1.42 bits per heavy atom. The first-order valence-corrected chi connectivity index (χ1v) is 5.41. The number of benzene rings is 1. The van der Waals surface area contributed by atoms with Crippen LogP contribution in [-0.2, 0) is 9.53 Å². The topological polar surface area (TPSA) is 75.6 Å². The number of aliphatic carboxylic acids is 1. The number of carbonyl (C=O) groups excluding carboxylic acids is 1. The van der Waals surface area contributed by atoms with Gasteiger partial charge in [0.1, 0.15) is 0 Å². The maximum atomic E-state index is 13.0. The monoisotopic (exact) mass is 293 g/mol. The lowest BCUT2D eigenvalue weighted by Crippen LogP contribution is -2.43. The molecule has 0 aromatic heterocycles. The number of nitrogens with one attached hydrogen (secondary N) is 1. The Labute approximate surface area is 112 Å². The van der Waals surface area contributed by atoms with Crippen molar-refractivity contribution in [2.24, 2.45) is 0 Å². The van der Waals surface area contributed by atoms with E-state index in [9.17, 15) is 18.4 Å². The van der Waals surface area contributed by atoms with E-state index in [0.29, 0.717) is 12.1 Å². The van der Waals surface area contributed by atoms with Gasteiger partial charge in [0.15, 0.2) is 17.7 Å². The van der Waals surface area contributed by atoms with Gasteiger partial charge < -0.3 is 15.2 Å². The number of amides is 1. The highest BCUT2D eigenvalue weighted by Gasteiger charge is 2.22. The Balaban J connectivity index is 2.94. The summed E-state index contributed by atoms with van der Waals surface area (Å²) in [5, 5.41) is 10.6. The number of methoxy groups -OCH3 is 1. The van der Waals surface area contributed by atoms with Crippen LogP contribution in [0.3, 0.4) is 0 Å². The molecule has 0 radical (unpaired) electrons. The normalized spacial score (nSPS) is 12.0. The highest BCUT2D eigenvalue weighted by Crippen LogP contribution is 2.20. The van der Waals surface area contributed by atoms with Gasteiger partial charge in [-0.15, -0.1) is 0 Å². The van der Waals surface area contributed by atoms with Gasteiger partial charge in [0.25, 0.3) is 5.91 Å². The van der Waals surface area contributed by atoms with E-state index in [0.717, 1.165) is 0 Å². The zero-order valence-corrected chi connectivity index (χ0v) is 10.5. The molecule has 0 aliphatic heterocycles. The summed E-state index contributed by atoms with van der Waals surface area (Å²) in [7, 11) is 1.26. The standard InChI is InChI=1S/C11H10ClF2NO4/c1-19-4-9(11(17)18)15-10(16)5-2-7(13)8(14)3-6(5)12/h2-3,9H,4H2,1H3,(H,15,16)(H,17,18). The molecule has 0 spiro atoms. The predicted octanol–water partition coefficient (Wildman–Crippen LogP) is 1.45. The molecule has 1 aromatic carbocycles. The molecule has 1 unspecified atom stereocenters. The minimum Gasteiger partial charge on any atom is -0.480 e. The second kappa shape index (κ2) is 6.44. The van der Waals surface area contributed by atoms with Crippen LogP contribution in [0.5, 0.6) is 0 Å². The van der Waals surface area contributed by atoms with Crippen LogP contribution in [0.2, 0.25) is 5.02 Å². The zero-order chi connectivity index (χ0) is 14.6. The molecule has 0 saturated heterocycles. The van der Waals surface area contributed by atoms with E-state index in [-0.39, 0.29) is 17.2 Å². The first-order chi connectivity index (χ1) is 8.86. The molecular weight excluding hydrogens is 284 g/mol. The Morgan fingerprint density at radius 2 is 2.00 bits per heavy atom. The van der Waals surface area contributed by atoms with Crippen LogP contribution >= 0.6 is 11.6 Å². The lowest BCUT2D eigenvalue weighted by atomic mass is 10.2. The van der Waals surface area contributed by atoms with Crippen LogP contribution in [-0.4, -0.2) is 36.7 Å². The molecule has 104 valence electrons. The fourth-order valence-electron chi connectivity index (χ4n) is 1.27. The minimum atomic E-state index is -1.33. The van der Waals surface area contributed by atoms with Crippen molar-refractivity contribution in [3.8, 4) is 0 Å². The number of carboxylic acids is 1. The third kappa shape index (κ3) is 3.87. The average molecular weight is 294 g/mol. The highest BCUT2D eigenvalue weighted by atomic mass is 35.5. The largest absolute Gasteiger partial charge is 0.480 e. The summed E-state index contributed by atoms with van der Waals surface area (Å²) in [6, 6.07) is -0.0851. The van der Waals surface area contributed by atoms with Gasteiger partial charge >= 0.3 is 5.97 Å². The Hall–Kier alpha value is -1.73. The van der Waals surface area contributed by atoms with Crippen molar-refractivity contribution in [3.63, 3.8) is 0 Å². The third-order valence-electron chi connectivity index (χ3n) is 2.19. The number of carbonyl (C=O) groups is 2. The van der Waals surface area contributed by atoms with Crippen molar-refractivity contribution >= 4 is 23.5 Å². The molecule has 5 nitrogen and oxygen atoms in total. The van der Waals surface area contributed by atoms with Crippen molar-refractivity contribution in [3.05, 3.63) is 34.4 Å². The van der Waals surface area contributed by atoms with E-state index in [1.807, 2.05) is 0 Å². The molecule has 0 fully saturated rings. The molecule has 8 heteroatoms. The number of ether oxygens (including phenoxy) is 1. The van der Waals surface area contributed by atoms with Gasteiger partial charge in [-0.3, -0.25) is 4.79 Å². The molecule has 0 bridgehead atoms. The average Bonchev–Trinajstić information content (AvgIpc) is 2.32. The summed E-state index contributed by atoms with van der Waals surface area (Å²) in [5.41, 5.74) is -0.358. The minimum absolute atomic E-state index is 0.275. The number of carboxylic acid groups (broad SMARTS) is 1. The van der Waals surface area contributed by atoms with Crippen LogP contribution in [0, 0.1) is 11.6 Å². The van der Waals surface area contributed by atoms with E-state index in [4.69, 9.17) is 16.7 Å². The van der Waals surface area contributed by atoms with Crippen LogP contribution in [0.25, 0.3) is 0 Å². The Morgan fingerprint density at radius 3 is 2.53 bits per heavy atom. The van der Waals surface area contributed by atoms with Crippen molar-refractivity contribution in [1.82, 2.24) is 5.32 Å². The maximum absolute atomic E-state index is 13.0. The first kappa shape index (κ1) is 15.3. The van der Waals surface area contributed by atoms with Gasteiger partial charge in [0.2, 0.25) is 0 Å². The van der Waals surface area contributed by atoms with Crippen molar-refractivity contribution < 1.29 is 28.2 Å². The summed E-state index contributed by atoms with van der Waals surface area (Å²) < 4.78 is 30.5. The highest BCUT2D eigenvalue weighted by molar-refractivity contribution is 6.33. The third-order valence-corrected chi connectivity index (χ3v) is 2.50. The zero-order valence-electron chi connectivity index (χ0n) is 9.75. The second-order valence-electron chi connectivity index (χ2n) is 3.57. The summed E-state index contributed by atoms with van der Waals surface area (Å²) in [5.74, 6) is -4.72. The van der Waals surface area contributed by atoms with Gasteiger partial charge in [0, 0.05) is 7.11 Å². The van der Waals surface area contributed by atoms with Gasteiger partial charge in [0.05, 0.1) is 17.2 Å². The number of rotatable bonds is 5. The summed E-state index contributed by atoms with van der Waals surface area (Å²) >= 11 is 5.59. The quantitative estimate of drug-likeness (QED) is 0.806. The van der Waals surface area contributed by atoms with Gasteiger partial charge in [-0.2, -0.15) is 0 Å². The SMILES string of the molecule is COCC(NC(=O)c1cc(F)c(F)cc1Cl)C(=O)O. The molecule has 1 atom stereocenters. The molecule has 19 heavy (non-hydrogen) atoms. The van der Waals surface area contributed by atoms with E-state index in [1.165, 1.54) is 7.11 Å². The fourth-order valence-corrected chi connectivity index (χ4v) is 1.51. The van der Waals surface area contributed by atoms with Crippen molar-refractivity contribution in [1.29, 1.82) is 0 Å². The summed E-state index contributed by atoms with van der Waals surface area (Å²) in [4.78, 5) is 22.5. The lowest BCUT2D eigenvalue weighted by Gasteiger charge is -2.14. The molecule has 0 aliphatic rings. The van der Waals surface area contributed by atoms with Gasteiger partial charge in [-0.05, 0) is 12.1 Å². The molecule has 0 aliphatic carbocycles. The molecule has 2 N–H and O–H groups in total. The van der Waals surface area contributed by atoms with Gasteiger partial charge in [-0.25, -0.2) is 13.6 Å². The molecular formula is C11H10ClF2NO4. The van der Waals surface area contributed by atoms with E-state index in [1.54, 1.807) is 0 Å². The van der Waals surface area contributed by atoms with E-state index >= 15 is 0 Å². The smallest absolute Gasteiger partial charge is 0.328 e. The second-order valence-corrected chi connectivity index (χ2v) is 3.97. The van der Waals surface area contributed by atoms with Crippen LogP contribution in [0.1, 0.15) is 10.4 Å². The number of halogens is 3. The van der Waals surface area contributed by atoms with E-state index in [2.05, 4.69) is 10.1 Å². The maximum Gasteiger partial charge on any atom is 0.328 e. The van der Waals surface area contributed by atoms with Crippen LogP contribution in [0.4, 0.5) is 8.78 Å². The molecule has 0 saturated carbocycles. The molecule has 1 amide bonds. The first-order valence-electron chi connectivity index (χ1n) is 5.04. The predicted molar refractivity (Wildman–Crippen MR) is 62.1 cm³/mol. The van der Waals surface area contributed by atoms with Crippen LogP contribution in [0.15, 0.2) is 12.1 Å². The van der Waals surface area contributed by atoms with Gasteiger partial charge in [-0.1, -0.05) is 11.6 Å². The Kier molecular flexibility index (Phi) is 5.20. The van der Waals surface area contributed by atoms with Crippen LogP contribution < -0.4 is 5.32 Å². The fraction of sp³-hybridized carbons (Fsp3) is 0.273. The Bertz CT molecular complexity index is 510. The molecule has 1 aromatic rings. The van der Waals surface area contributed by atoms with Crippen molar-refractivity contribution in [2.45, 2.75) is 6.04 Å². The summed E-state index contributed by atoms with van der Waals surface area (Å²) in [6.45, 7) is -0.275. The number of hydrogen-bond acceptors (Lipinski definition) is 3. The molecule has 1 rings (SSSR count). The lowest BCUT2D eigenvalue weighted by molar-refractivity contribution is -0.140. The van der Waals surface area contributed by atoms with Crippen molar-refractivity contribution in [2.75, 3.05) is 13.7 Å². The summed E-state index contributed by atoms with van der Waals surface area (Å²) in [6.07, 6.45) is 0.